The molecular formula is C15H22N6O3. The summed E-state index contributed by atoms with van der Waals surface area (Å²) in [7, 11) is 1.83. The molecule has 9 heteroatoms. The number of amides is 1. The van der Waals surface area contributed by atoms with Crippen molar-refractivity contribution >= 4 is 11.7 Å². The number of hydrogen-bond acceptors (Lipinski definition) is 5. The molecule has 1 N–H and O–H groups in total. The van der Waals surface area contributed by atoms with Crippen LogP contribution in [0, 0.1) is 24.0 Å². The largest absolute Gasteiger partial charge is 0.390 e. The van der Waals surface area contributed by atoms with Gasteiger partial charge in [-0.2, -0.15) is 9.78 Å². The molecule has 2 unspecified atom stereocenters. The van der Waals surface area contributed by atoms with Crippen molar-refractivity contribution in [1.82, 2.24) is 24.9 Å². The van der Waals surface area contributed by atoms with Crippen molar-refractivity contribution in [2.45, 2.75) is 46.2 Å². The second-order valence-corrected chi connectivity index (χ2v) is 5.84. The first-order valence-corrected chi connectivity index (χ1v) is 7.75. The number of carbonyl (C=O) groups excluding carboxylic acids is 1. The molecule has 0 fully saturated rings. The van der Waals surface area contributed by atoms with Crippen LogP contribution >= 0.6 is 0 Å². The van der Waals surface area contributed by atoms with Gasteiger partial charge < -0.3 is 15.4 Å². The number of hydrogen-bond donors (Lipinski definition) is 1. The average Bonchev–Trinajstić information content (AvgIpc) is 3.03. The van der Waals surface area contributed by atoms with E-state index >= 15 is 0 Å². The number of nitro groups is 1. The molecule has 24 heavy (non-hydrogen) atoms. The molecule has 1 amide bonds. The van der Waals surface area contributed by atoms with E-state index in [1.165, 1.54) is 10.7 Å². The smallest absolute Gasteiger partial charge is 0.358 e. The van der Waals surface area contributed by atoms with Crippen LogP contribution < -0.4 is 5.32 Å². The van der Waals surface area contributed by atoms with Gasteiger partial charge >= 0.3 is 5.82 Å². The highest BCUT2D eigenvalue weighted by molar-refractivity contribution is 5.80. The first-order chi connectivity index (χ1) is 11.2. The van der Waals surface area contributed by atoms with E-state index in [0.717, 1.165) is 11.3 Å². The van der Waals surface area contributed by atoms with Crippen molar-refractivity contribution in [1.29, 1.82) is 0 Å². The molecule has 0 aliphatic carbocycles. The highest BCUT2D eigenvalue weighted by atomic mass is 16.6. The standard InChI is InChI=1S/C15H22N6O3/c1-6-13(20-9(2)7-14(18-20)21(23)24)15(22)16-10(3)12-8-19(5)17-11(12)4/h7-8,10,13H,6H2,1-5H3,(H,16,22). The van der Waals surface area contributed by atoms with E-state index in [1.54, 1.807) is 11.6 Å². The summed E-state index contributed by atoms with van der Waals surface area (Å²) in [6, 6.07) is 0.550. The lowest BCUT2D eigenvalue weighted by molar-refractivity contribution is -0.389. The first kappa shape index (κ1) is 17.6. The third kappa shape index (κ3) is 3.44. The predicted octanol–water partition coefficient (Wildman–Crippen LogP) is 1.97. The summed E-state index contributed by atoms with van der Waals surface area (Å²) < 4.78 is 3.11. The van der Waals surface area contributed by atoms with E-state index in [-0.39, 0.29) is 17.8 Å². The molecule has 0 saturated heterocycles. The van der Waals surface area contributed by atoms with Crippen LogP contribution in [-0.4, -0.2) is 30.4 Å². The quantitative estimate of drug-likeness (QED) is 0.642. The van der Waals surface area contributed by atoms with Gasteiger partial charge in [-0.3, -0.25) is 9.48 Å². The summed E-state index contributed by atoms with van der Waals surface area (Å²) in [5, 5.41) is 22.0. The number of aromatic nitrogens is 4. The minimum Gasteiger partial charge on any atom is -0.358 e. The topological polar surface area (TPSA) is 108 Å². The Balaban J connectivity index is 2.20. The van der Waals surface area contributed by atoms with E-state index in [0.29, 0.717) is 12.1 Å². The summed E-state index contributed by atoms with van der Waals surface area (Å²) in [5.74, 6) is -0.482. The lowest BCUT2D eigenvalue weighted by Gasteiger charge is -2.18. The van der Waals surface area contributed by atoms with Gasteiger partial charge in [0, 0.05) is 18.8 Å². The van der Waals surface area contributed by atoms with Crippen LogP contribution in [0.15, 0.2) is 12.3 Å². The monoisotopic (exact) mass is 334 g/mol. The fourth-order valence-electron chi connectivity index (χ4n) is 2.78. The Morgan fingerprint density at radius 3 is 2.54 bits per heavy atom. The van der Waals surface area contributed by atoms with Gasteiger partial charge in [0.2, 0.25) is 5.91 Å². The second kappa shape index (κ2) is 6.81. The number of carbonyl (C=O) groups is 1. The maximum atomic E-state index is 12.6. The SMILES string of the molecule is CCC(C(=O)NC(C)c1cn(C)nc1C)n1nc([N+](=O)[O-])cc1C. The summed E-state index contributed by atoms with van der Waals surface area (Å²) in [6.07, 6.45) is 2.34. The zero-order chi connectivity index (χ0) is 18.0. The Morgan fingerprint density at radius 1 is 1.42 bits per heavy atom. The van der Waals surface area contributed by atoms with E-state index in [2.05, 4.69) is 15.5 Å². The Bertz CT molecular complexity index is 763. The van der Waals surface area contributed by atoms with E-state index in [4.69, 9.17) is 0 Å². The van der Waals surface area contributed by atoms with Crippen molar-refractivity contribution in [2.24, 2.45) is 7.05 Å². The normalized spacial score (nSPS) is 13.5. The van der Waals surface area contributed by atoms with Crippen LogP contribution in [0.5, 0.6) is 0 Å². The van der Waals surface area contributed by atoms with Gasteiger partial charge in [-0.1, -0.05) is 6.92 Å². The highest BCUT2D eigenvalue weighted by Gasteiger charge is 2.28. The minimum absolute atomic E-state index is 0.217. The van der Waals surface area contributed by atoms with Crippen LogP contribution in [-0.2, 0) is 11.8 Å². The first-order valence-electron chi connectivity index (χ1n) is 7.75. The zero-order valence-electron chi connectivity index (χ0n) is 14.5. The summed E-state index contributed by atoms with van der Waals surface area (Å²) in [5.41, 5.74) is 2.36. The van der Waals surface area contributed by atoms with Gasteiger partial charge in [0.1, 0.15) is 0 Å². The number of aryl methyl sites for hydroxylation is 3. The molecule has 2 atom stereocenters. The molecule has 2 aromatic rings. The third-order valence-electron chi connectivity index (χ3n) is 3.96. The Morgan fingerprint density at radius 2 is 2.08 bits per heavy atom. The van der Waals surface area contributed by atoms with Crippen molar-refractivity contribution in [2.75, 3.05) is 0 Å². The summed E-state index contributed by atoms with van der Waals surface area (Å²) >= 11 is 0. The lowest BCUT2D eigenvalue weighted by Crippen LogP contribution is -2.35. The van der Waals surface area contributed by atoms with Crippen LogP contribution in [0.25, 0.3) is 0 Å². The summed E-state index contributed by atoms with van der Waals surface area (Å²) in [6.45, 7) is 7.31. The summed E-state index contributed by atoms with van der Waals surface area (Å²) in [4.78, 5) is 22.9. The molecule has 2 rings (SSSR count). The number of rotatable bonds is 6. The number of nitrogens with one attached hydrogen (secondary N) is 1. The molecule has 9 nitrogen and oxygen atoms in total. The Hall–Kier alpha value is -2.71. The maximum Gasteiger partial charge on any atom is 0.390 e. The maximum absolute atomic E-state index is 12.6. The average molecular weight is 334 g/mol. The molecule has 2 heterocycles. The van der Waals surface area contributed by atoms with Gasteiger partial charge in [-0.05, 0) is 32.1 Å². The van der Waals surface area contributed by atoms with Crippen molar-refractivity contribution in [3.8, 4) is 0 Å². The molecule has 130 valence electrons. The van der Waals surface area contributed by atoms with Gasteiger partial charge in [-0.25, -0.2) is 0 Å². The molecule has 0 aromatic carbocycles. The van der Waals surface area contributed by atoms with Crippen LogP contribution in [0.1, 0.15) is 49.3 Å². The third-order valence-corrected chi connectivity index (χ3v) is 3.96. The molecular weight excluding hydrogens is 312 g/mol. The molecule has 0 saturated carbocycles. The van der Waals surface area contributed by atoms with Gasteiger partial charge in [0.15, 0.2) is 6.04 Å². The number of nitrogens with zero attached hydrogens (tertiary/aromatic N) is 5. The van der Waals surface area contributed by atoms with Gasteiger partial charge in [0.25, 0.3) is 0 Å². The second-order valence-electron chi connectivity index (χ2n) is 5.84. The van der Waals surface area contributed by atoms with Crippen molar-refractivity contribution in [3.05, 3.63) is 39.3 Å². The predicted molar refractivity (Wildman–Crippen MR) is 87.4 cm³/mol. The van der Waals surface area contributed by atoms with Crippen LogP contribution in [0.4, 0.5) is 5.82 Å². The Kier molecular flexibility index (Phi) is 5.01. The van der Waals surface area contributed by atoms with E-state index in [9.17, 15) is 14.9 Å². The van der Waals surface area contributed by atoms with Gasteiger partial charge in [-0.15, -0.1) is 0 Å². The molecule has 0 aliphatic rings. The minimum atomic E-state index is -0.599. The molecule has 0 aliphatic heterocycles. The van der Waals surface area contributed by atoms with E-state index < -0.39 is 11.0 Å². The molecule has 0 bridgehead atoms. The van der Waals surface area contributed by atoms with Crippen molar-refractivity contribution in [3.63, 3.8) is 0 Å². The van der Waals surface area contributed by atoms with Crippen LogP contribution in [0.3, 0.4) is 0 Å². The van der Waals surface area contributed by atoms with Crippen molar-refractivity contribution < 1.29 is 9.72 Å². The van der Waals surface area contributed by atoms with Crippen LogP contribution in [0.2, 0.25) is 0 Å². The fourth-order valence-corrected chi connectivity index (χ4v) is 2.78. The Labute approximate surface area is 139 Å². The molecule has 0 spiro atoms. The lowest BCUT2D eigenvalue weighted by atomic mass is 10.1. The molecule has 0 radical (unpaired) electrons. The van der Waals surface area contributed by atoms with E-state index in [1.807, 2.05) is 34.0 Å². The van der Waals surface area contributed by atoms with Gasteiger partial charge in [0.05, 0.1) is 28.6 Å². The molecule has 2 aromatic heterocycles. The highest BCUT2D eigenvalue weighted by Crippen LogP contribution is 2.21. The zero-order valence-corrected chi connectivity index (χ0v) is 14.5. The fraction of sp³-hybridized carbons (Fsp3) is 0.533.